The second-order valence-electron chi connectivity index (χ2n) is 5.50. The third-order valence-electron chi connectivity index (χ3n) is 4.12. The van der Waals surface area contributed by atoms with Gasteiger partial charge in [0.1, 0.15) is 5.60 Å². The molecule has 0 spiro atoms. The fourth-order valence-electron chi connectivity index (χ4n) is 2.53. The minimum Gasteiger partial charge on any atom is -0.478 e. The van der Waals surface area contributed by atoms with Crippen LogP contribution >= 0.6 is 0 Å². The van der Waals surface area contributed by atoms with E-state index in [2.05, 4.69) is 6.92 Å². The van der Waals surface area contributed by atoms with Crippen molar-refractivity contribution in [1.82, 2.24) is 0 Å². The highest BCUT2D eigenvalue weighted by Gasteiger charge is 2.31. The van der Waals surface area contributed by atoms with Crippen molar-refractivity contribution >= 4 is 11.9 Å². The normalized spacial score (nSPS) is 11.9. The number of aromatic carboxylic acids is 1. The van der Waals surface area contributed by atoms with Crippen LogP contribution in [0.15, 0.2) is 24.2 Å². The summed E-state index contributed by atoms with van der Waals surface area (Å²) in [7, 11) is 0. The van der Waals surface area contributed by atoms with E-state index in [4.69, 9.17) is 6.11 Å². The molecular weight excluding hydrogens is 280 g/mol. The summed E-state index contributed by atoms with van der Waals surface area (Å²) in [4.78, 5) is 23.9. The van der Waals surface area contributed by atoms with Crippen molar-refractivity contribution in [3.05, 3.63) is 35.4 Å². The van der Waals surface area contributed by atoms with E-state index in [1.54, 1.807) is 0 Å². The first-order chi connectivity index (χ1) is 10.9. The monoisotopic (exact) mass is 307 g/mol. The van der Waals surface area contributed by atoms with Gasteiger partial charge in [0.05, 0.1) is 12.5 Å². The predicted molar refractivity (Wildman–Crippen MR) is 86.3 cm³/mol. The summed E-state index contributed by atoms with van der Waals surface area (Å²) in [5.41, 5.74) is -0.918. The molecule has 0 unspecified atom stereocenters. The number of carbonyl (C=O) groups is 2. The summed E-state index contributed by atoms with van der Waals surface area (Å²) in [5, 5.41) is 9.25. The second kappa shape index (κ2) is 8.57. The maximum Gasteiger partial charge on any atom is 0.339 e. The Bertz CT molecular complexity index is 550. The Balaban J connectivity index is 3.04. The molecule has 4 heteroatoms. The van der Waals surface area contributed by atoms with Crippen LogP contribution in [0.2, 0.25) is 0 Å². The molecule has 22 heavy (non-hydrogen) atoms. The molecule has 0 fully saturated rings. The van der Waals surface area contributed by atoms with E-state index in [1.807, 2.05) is 13.8 Å². The van der Waals surface area contributed by atoms with Gasteiger partial charge in [-0.1, -0.05) is 45.7 Å². The number of carboxylic acid groups (broad SMARTS) is 1. The standard InChI is InChI=1S/C18H26O4/c1-4-7-10-13-18(5-2,6-3)22-17(21)15-12-9-8-11-14(15)16(19)20/h8-9,11-12H,4-7,10,13H2,1-3H3,(H,19,20)/i11D. The van der Waals surface area contributed by atoms with Crippen molar-refractivity contribution in [3.63, 3.8) is 0 Å². The molecule has 0 aliphatic rings. The minimum absolute atomic E-state index is 0.0493. The molecule has 0 aliphatic heterocycles. The van der Waals surface area contributed by atoms with Crippen LogP contribution in [-0.4, -0.2) is 22.6 Å². The zero-order valence-corrected chi connectivity index (χ0v) is 13.6. The highest BCUT2D eigenvalue weighted by molar-refractivity contribution is 6.02. The Kier molecular flexibility index (Phi) is 6.44. The summed E-state index contributed by atoms with van der Waals surface area (Å²) in [6.45, 7) is 6.06. The molecular formula is C18H26O4. The van der Waals surface area contributed by atoms with Gasteiger partial charge in [-0.05, 0) is 37.8 Å². The van der Waals surface area contributed by atoms with Crippen molar-refractivity contribution in [2.45, 2.75) is 64.9 Å². The van der Waals surface area contributed by atoms with Gasteiger partial charge in [-0.25, -0.2) is 9.59 Å². The van der Waals surface area contributed by atoms with Gasteiger partial charge in [0.15, 0.2) is 0 Å². The van der Waals surface area contributed by atoms with E-state index in [0.29, 0.717) is 12.8 Å². The molecule has 0 heterocycles. The number of rotatable bonds is 9. The van der Waals surface area contributed by atoms with Gasteiger partial charge in [-0.3, -0.25) is 0 Å². The molecule has 1 rings (SSSR count). The van der Waals surface area contributed by atoms with E-state index >= 15 is 0 Å². The van der Waals surface area contributed by atoms with Crippen LogP contribution in [0.4, 0.5) is 0 Å². The zero-order chi connectivity index (χ0) is 17.5. The quantitative estimate of drug-likeness (QED) is 0.531. The summed E-state index contributed by atoms with van der Waals surface area (Å²) in [6, 6.07) is 4.08. The van der Waals surface area contributed by atoms with Gasteiger partial charge in [-0.15, -0.1) is 0 Å². The predicted octanol–water partition coefficient (Wildman–Crippen LogP) is 4.68. The number of carboxylic acids is 1. The van der Waals surface area contributed by atoms with Crippen LogP contribution in [-0.2, 0) is 4.74 Å². The molecule has 1 aromatic carbocycles. The smallest absolute Gasteiger partial charge is 0.339 e. The second-order valence-corrected chi connectivity index (χ2v) is 5.50. The maximum absolute atomic E-state index is 12.5. The van der Waals surface area contributed by atoms with Crippen LogP contribution in [0.5, 0.6) is 0 Å². The van der Waals surface area contributed by atoms with Crippen molar-refractivity contribution in [3.8, 4) is 0 Å². The third kappa shape index (κ3) is 4.58. The minimum atomic E-state index is -1.29. The SMILES string of the molecule is [2H]c1cccc(C(=O)OC(CC)(CC)CCCCC)c1C(=O)O. The van der Waals surface area contributed by atoms with Crippen LogP contribution in [0.3, 0.4) is 0 Å². The first kappa shape index (κ1) is 16.5. The number of carbonyl (C=O) groups excluding carboxylic acids is 1. The largest absolute Gasteiger partial charge is 0.478 e. The van der Waals surface area contributed by atoms with Crippen molar-refractivity contribution < 1.29 is 20.8 Å². The summed E-state index contributed by atoms with van der Waals surface area (Å²) >= 11 is 0. The van der Waals surface area contributed by atoms with E-state index in [1.165, 1.54) is 18.2 Å². The summed E-state index contributed by atoms with van der Waals surface area (Å²) in [5.74, 6) is -1.94. The van der Waals surface area contributed by atoms with E-state index in [9.17, 15) is 14.7 Å². The number of hydrogen-bond donors (Lipinski definition) is 1. The first-order valence-corrected chi connectivity index (χ1v) is 7.97. The summed E-state index contributed by atoms with van der Waals surface area (Å²) < 4.78 is 13.4. The molecule has 0 radical (unpaired) electrons. The van der Waals surface area contributed by atoms with Crippen LogP contribution < -0.4 is 0 Å². The first-order valence-electron chi connectivity index (χ1n) is 8.47. The van der Waals surface area contributed by atoms with Gasteiger partial charge in [0.2, 0.25) is 0 Å². The maximum atomic E-state index is 12.5. The Labute approximate surface area is 133 Å². The average molecular weight is 307 g/mol. The highest BCUT2D eigenvalue weighted by atomic mass is 16.6. The molecule has 0 saturated heterocycles. The van der Waals surface area contributed by atoms with Crippen LogP contribution in [0.25, 0.3) is 0 Å². The Morgan fingerprint density at radius 3 is 2.41 bits per heavy atom. The van der Waals surface area contributed by atoms with Gasteiger partial charge < -0.3 is 9.84 Å². The van der Waals surface area contributed by atoms with E-state index < -0.39 is 17.5 Å². The van der Waals surface area contributed by atoms with Crippen molar-refractivity contribution in [2.75, 3.05) is 0 Å². The molecule has 0 aromatic heterocycles. The molecule has 0 saturated carbocycles. The van der Waals surface area contributed by atoms with Gasteiger partial charge in [-0.2, -0.15) is 0 Å². The molecule has 1 aromatic rings. The Hall–Kier alpha value is -1.84. The molecule has 4 nitrogen and oxygen atoms in total. The number of unbranched alkanes of at least 4 members (excludes halogenated alkanes) is 2. The molecule has 1 N–H and O–H groups in total. The lowest BCUT2D eigenvalue weighted by atomic mass is 9.90. The van der Waals surface area contributed by atoms with Crippen molar-refractivity contribution in [2.24, 2.45) is 0 Å². The lowest BCUT2D eigenvalue weighted by molar-refractivity contribution is -0.0287. The Morgan fingerprint density at radius 2 is 1.86 bits per heavy atom. The number of ether oxygens (including phenoxy) is 1. The topological polar surface area (TPSA) is 63.6 Å². The lowest BCUT2D eigenvalue weighted by Crippen LogP contribution is -2.34. The van der Waals surface area contributed by atoms with Gasteiger partial charge >= 0.3 is 11.9 Å². The zero-order valence-electron chi connectivity index (χ0n) is 14.6. The number of benzene rings is 1. The van der Waals surface area contributed by atoms with E-state index in [0.717, 1.165) is 25.7 Å². The molecule has 0 bridgehead atoms. The molecule has 0 amide bonds. The number of esters is 1. The highest BCUT2D eigenvalue weighted by Crippen LogP contribution is 2.29. The molecule has 122 valence electrons. The fourth-order valence-corrected chi connectivity index (χ4v) is 2.53. The number of hydrogen-bond acceptors (Lipinski definition) is 3. The lowest BCUT2D eigenvalue weighted by Gasteiger charge is -2.32. The van der Waals surface area contributed by atoms with Crippen LogP contribution in [0, 0.1) is 0 Å². The van der Waals surface area contributed by atoms with E-state index in [-0.39, 0.29) is 17.2 Å². The molecule has 0 aliphatic carbocycles. The Morgan fingerprint density at radius 1 is 1.18 bits per heavy atom. The summed E-state index contributed by atoms with van der Waals surface area (Å²) in [6.07, 6.45) is 5.26. The van der Waals surface area contributed by atoms with Crippen LogP contribution in [0.1, 0.15) is 81.4 Å². The van der Waals surface area contributed by atoms with Gasteiger partial charge in [0.25, 0.3) is 0 Å². The van der Waals surface area contributed by atoms with Crippen molar-refractivity contribution in [1.29, 1.82) is 0 Å². The van der Waals surface area contributed by atoms with Gasteiger partial charge in [0, 0.05) is 0 Å². The molecule has 0 atom stereocenters. The fraction of sp³-hybridized carbons (Fsp3) is 0.556. The average Bonchev–Trinajstić information content (AvgIpc) is 2.53. The third-order valence-corrected chi connectivity index (χ3v) is 4.12.